The molecular formula is C32H25N3O3S. The minimum atomic E-state index is -1.47. The zero-order valence-corrected chi connectivity index (χ0v) is 22.1. The summed E-state index contributed by atoms with van der Waals surface area (Å²) in [6, 6.07) is 29.7. The molecule has 1 unspecified atom stereocenters. The van der Waals surface area contributed by atoms with Crippen molar-refractivity contribution in [2.75, 3.05) is 5.32 Å². The lowest BCUT2D eigenvalue weighted by Crippen LogP contribution is -2.57. The molecule has 1 N–H and O–H groups in total. The number of nitrogens with zero attached hydrogens (tertiary/aromatic N) is 2. The molecule has 6 nitrogen and oxygen atoms in total. The number of carbonyl (C=O) groups excluding carboxylic acids is 1. The standard InChI is InChI=1S/C32H25N3O3S/c1-31(19-32(35(37)38)26-12-6-4-10-24(26)28(31)25-11-5-7-13-27(25)32)29(36)34-30-33-23(18-39-30)17-20-14-15-21-8-2-3-9-22(21)16-20/h2-16,18,28H,17,19H2,1H3,(H,33,34,36). The monoisotopic (exact) mass is 531 g/mol. The zero-order chi connectivity index (χ0) is 26.8. The van der Waals surface area contributed by atoms with Gasteiger partial charge in [0.2, 0.25) is 5.91 Å². The van der Waals surface area contributed by atoms with Crippen LogP contribution in [0.2, 0.25) is 0 Å². The van der Waals surface area contributed by atoms with Crippen LogP contribution in [0.5, 0.6) is 0 Å². The summed E-state index contributed by atoms with van der Waals surface area (Å²) in [5.41, 5.74) is 2.61. The summed E-state index contributed by atoms with van der Waals surface area (Å²) in [5, 5.41) is 20.7. The number of carbonyl (C=O) groups is 1. The van der Waals surface area contributed by atoms with Gasteiger partial charge in [0.25, 0.3) is 5.54 Å². The highest BCUT2D eigenvalue weighted by Crippen LogP contribution is 2.64. The van der Waals surface area contributed by atoms with Gasteiger partial charge in [0.05, 0.1) is 11.1 Å². The number of thiazole rings is 1. The molecular weight excluding hydrogens is 506 g/mol. The molecule has 5 aromatic rings. The largest absolute Gasteiger partial charge is 0.301 e. The molecule has 3 aliphatic carbocycles. The van der Waals surface area contributed by atoms with Crippen LogP contribution in [0.1, 0.15) is 52.8 Å². The van der Waals surface area contributed by atoms with Crippen molar-refractivity contribution in [2.45, 2.75) is 31.2 Å². The molecule has 39 heavy (non-hydrogen) atoms. The van der Waals surface area contributed by atoms with Gasteiger partial charge in [0, 0.05) is 40.2 Å². The van der Waals surface area contributed by atoms with Gasteiger partial charge in [-0.15, -0.1) is 11.3 Å². The molecule has 0 fully saturated rings. The van der Waals surface area contributed by atoms with Gasteiger partial charge in [-0.3, -0.25) is 14.9 Å². The normalized spacial score (nSPS) is 22.7. The number of nitrogens with one attached hydrogen (secondary N) is 1. The number of hydrogen-bond donors (Lipinski definition) is 1. The average Bonchev–Trinajstić information content (AvgIpc) is 3.39. The predicted molar refractivity (Wildman–Crippen MR) is 153 cm³/mol. The van der Waals surface area contributed by atoms with Crippen LogP contribution >= 0.6 is 11.3 Å². The summed E-state index contributed by atoms with van der Waals surface area (Å²) in [6.45, 7) is 1.86. The van der Waals surface area contributed by atoms with Gasteiger partial charge in [0.15, 0.2) is 5.13 Å². The topological polar surface area (TPSA) is 85.1 Å². The first-order valence-corrected chi connectivity index (χ1v) is 13.8. The molecule has 1 atom stereocenters. The maximum atomic E-state index is 14.0. The highest BCUT2D eigenvalue weighted by molar-refractivity contribution is 7.13. The van der Waals surface area contributed by atoms with E-state index in [-0.39, 0.29) is 23.2 Å². The van der Waals surface area contributed by atoms with Crippen molar-refractivity contribution >= 4 is 33.1 Å². The summed E-state index contributed by atoms with van der Waals surface area (Å²) >= 11 is 1.38. The number of anilines is 1. The Bertz CT molecular complexity index is 1750. The molecule has 192 valence electrons. The fourth-order valence-corrected chi connectivity index (χ4v) is 7.50. The predicted octanol–water partition coefficient (Wildman–Crippen LogP) is 6.90. The molecule has 3 aliphatic rings. The second kappa shape index (κ2) is 8.58. The van der Waals surface area contributed by atoms with Gasteiger partial charge < -0.3 is 5.32 Å². The second-order valence-electron chi connectivity index (χ2n) is 10.8. The molecule has 2 bridgehead atoms. The van der Waals surface area contributed by atoms with Gasteiger partial charge in [0.1, 0.15) is 0 Å². The molecule has 1 heterocycles. The van der Waals surface area contributed by atoms with Crippen LogP contribution in [0.4, 0.5) is 5.13 Å². The van der Waals surface area contributed by atoms with E-state index in [2.05, 4.69) is 35.6 Å². The van der Waals surface area contributed by atoms with E-state index in [0.717, 1.165) is 22.4 Å². The third kappa shape index (κ3) is 3.46. The number of aromatic nitrogens is 1. The molecule has 0 spiro atoms. The molecule has 0 saturated carbocycles. The summed E-state index contributed by atoms with van der Waals surface area (Å²) in [6.07, 6.45) is 0.745. The lowest BCUT2D eigenvalue weighted by Gasteiger charge is -2.52. The van der Waals surface area contributed by atoms with E-state index in [1.165, 1.54) is 22.1 Å². The highest BCUT2D eigenvalue weighted by atomic mass is 32.1. The van der Waals surface area contributed by atoms with Crippen LogP contribution in [0.25, 0.3) is 10.8 Å². The van der Waals surface area contributed by atoms with Crippen molar-refractivity contribution in [3.05, 3.63) is 140 Å². The van der Waals surface area contributed by atoms with Gasteiger partial charge in [-0.2, -0.15) is 0 Å². The third-order valence-electron chi connectivity index (χ3n) is 8.50. The van der Waals surface area contributed by atoms with E-state index in [9.17, 15) is 14.9 Å². The highest BCUT2D eigenvalue weighted by Gasteiger charge is 2.67. The van der Waals surface area contributed by atoms with Crippen LogP contribution in [-0.4, -0.2) is 15.8 Å². The van der Waals surface area contributed by atoms with Gasteiger partial charge in [-0.1, -0.05) is 91.0 Å². The van der Waals surface area contributed by atoms with Gasteiger partial charge in [-0.05, 0) is 34.4 Å². The first kappa shape index (κ1) is 23.7. The Morgan fingerprint density at radius 3 is 2.31 bits per heavy atom. The Labute approximate surface area is 229 Å². The summed E-state index contributed by atoms with van der Waals surface area (Å²) < 4.78 is 0. The van der Waals surface area contributed by atoms with Crippen molar-refractivity contribution in [2.24, 2.45) is 5.41 Å². The molecule has 4 aromatic carbocycles. The van der Waals surface area contributed by atoms with Gasteiger partial charge in [-0.25, -0.2) is 4.98 Å². The first-order valence-electron chi connectivity index (χ1n) is 13.0. The maximum Gasteiger partial charge on any atom is 0.273 e. The molecule has 0 saturated heterocycles. The number of nitro groups is 1. The smallest absolute Gasteiger partial charge is 0.273 e. The number of hydrogen-bond acceptors (Lipinski definition) is 5. The van der Waals surface area contributed by atoms with E-state index >= 15 is 0 Å². The molecule has 7 heteroatoms. The lowest BCUT2D eigenvalue weighted by molar-refractivity contribution is -0.573. The van der Waals surface area contributed by atoms with Crippen molar-refractivity contribution < 1.29 is 9.72 Å². The van der Waals surface area contributed by atoms with Crippen LogP contribution in [-0.2, 0) is 16.8 Å². The molecule has 1 aromatic heterocycles. The lowest BCUT2D eigenvalue weighted by atomic mass is 9.49. The van der Waals surface area contributed by atoms with E-state index in [4.69, 9.17) is 4.98 Å². The number of rotatable bonds is 5. The molecule has 1 amide bonds. The van der Waals surface area contributed by atoms with E-state index in [0.29, 0.717) is 22.7 Å². The first-order chi connectivity index (χ1) is 18.9. The van der Waals surface area contributed by atoms with E-state index in [1.54, 1.807) is 0 Å². The van der Waals surface area contributed by atoms with Crippen molar-refractivity contribution in [1.82, 2.24) is 4.98 Å². The zero-order valence-electron chi connectivity index (χ0n) is 21.3. The Kier molecular flexibility index (Phi) is 5.22. The number of benzene rings is 4. The van der Waals surface area contributed by atoms with Crippen molar-refractivity contribution in [3.63, 3.8) is 0 Å². The van der Waals surface area contributed by atoms with E-state index in [1.807, 2.05) is 73.0 Å². The van der Waals surface area contributed by atoms with Crippen LogP contribution in [0.15, 0.2) is 96.4 Å². The SMILES string of the molecule is CC1(C(=O)Nc2nc(Cc3ccc4ccccc4c3)cs2)CC2([N+](=O)[O-])c3ccccc3C1c1ccccc12. The second-order valence-corrected chi connectivity index (χ2v) is 11.6. The summed E-state index contributed by atoms with van der Waals surface area (Å²) in [4.78, 5) is 31.4. The fraction of sp³-hybridized carbons (Fsp3) is 0.188. The summed E-state index contributed by atoms with van der Waals surface area (Å²) in [7, 11) is 0. The Morgan fingerprint density at radius 1 is 0.974 bits per heavy atom. The maximum absolute atomic E-state index is 14.0. The molecule has 0 aliphatic heterocycles. The minimum Gasteiger partial charge on any atom is -0.301 e. The Balaban J connectivity index is 1.21. The Hall–Kier alpha value is -4.36. The quantitative estimate of drug-likeness (QED) is 0.197. The number of fused-ring (bicyclic) bond motifs is 2. The molecule has 0 radical (unpaired) electrons. The number of amides is 1. The third-order valence-corrected chi connectivity index (χ3v) is 9.30. The Morgan fingerprint density at radius 2 is 1.62 bits per heavy atom. The van der Waals surface area contributed by atoms with Crippen LogP contribution in [0.3, 0.4) is 0 Å². The van der Waals surface area contributed by atoms with Crippen LogP contribution < -0.4 is 5.32 Å². The average molecular weight is 532 g/mol. The van der Waals surface area contributed by atoms with Crippen molar-refractivity contribution in [1.29, 1.82) is 0 Å². The fourth-order valence-electron chi connectivity index (χ4n) is 6.79. The van der Waals surface area contributed by atoms with Gasteiger partial charge >= 0.3 is 0 Å². The van der Waals surface area contributed by atoms with Crippen molar-refractivity contribution in [3.8, 4) is 0 Å². The minimum absolute atomic E-state index is 0.0901. The molecule has 8 rings (SSSR count). The summed E-state index contributed by atoms with van der Waals surface area (Å²) in [5.74, 6) is -0.530. The van der Waals surface area contributed by atoms with E-state index < -0.39 is 11.0 Å². The van der Waals surface area contributed by atoms with Crippen LogP contribution in [0, 0.1) is 15.5 Å².